The molecule has 0 atom stereocenters. The first kappa shape index (κ1) is 12.1. The molecule has 84 valence electrons. The zero-order valence-electron chi connectivity index (χ0n) is 9.41. The van der Waals surface area contributed by atoms with Gasteiger partial charge in [-0.15, -0.1) is 0 Å². The van der Waals surface area contributed by atoms with Gasteiger partial charge in [0.15, 0.2) is 11.4 Å². The number of hydrogen-bond acceptors (Lipinski definition) is 3. The molecule has 1 aromatic rings. The molecular formula is C12H14N2O2. The molecule has 0 spiro atoms. The van der Waals surface area contributed by atoms with Crippen LogP contribution in [0.3, 0.4) is 0 Å². The Morgan fingerprint density at radius 3 is 3.12 bits per heavy atom. The molecule has 0 aliphatic carbocycles. The number of carbonyl (C=O) groups excluding carboxylic acids is 1. The minimum Gasteiger partial charge on any atom is -0.494 e. The summed E-state index contributed by atoms with van der Waals surface area (Å²) in [5.41, 5.74) is 0.618. The van der Waals surface area contributed by atoms with E-state index < -0.39 is 0 Å². The molecule has 0 fully saturated rings. The van der Waals surface area contributed by atoms with E-state index in [1.807, 2.05) is 6.07 Å². The number of carbonyl (C=O) groups is 1. The summed E-state index contributed by atoms with van der Waals surface area (Å²) in [7, 11) is 1.58. The van der Waals surface area contributed by atoms with Crippen molar-refractivity contribution < 1.29 is 9.53 Å². The van der Waals surface area contributed by atoms with Crippen LogP contribution in [0.15, 0.2) is 18.3 Å². The predicted octanol–water partition coefficient (Wildman–Crippen LogP) is 0.968. The van der Waals surface area contributed by atoms with Crippen LogP contribution in [-0.4, -0.2) is 24.5 Å². The lowest BCUT2D eigenvalue weighted by Crippen LogP contribution is -2.20. The first-order valence-corrected chi connectivity index (χ1v) is 4.96. The summed E-state index contributed by atoms with van der Waals surface area (Å²) in [5.74, 6) is 6.44. The van der Waals surface area contributed by atoms with Crippen molar-refractivity contribution in [3.05, 3.63) is 24.0 Å². The molecule has 0 saturated carbocycles. The Labute approximate surface area is 95.0 Å². The van der Waals surface area contributed by atoms with Crippen LogP contribution in [0.5, 0.6) is 5.75 Å². The van der Waals surface area contributed by atoms with Gasteiger partial charge in [-0.25, -0.2) is 4.98 Å². The molecule has 16 heavy (non-hydrogen) atoms. The molecule has 1 amide bonds. The minimum atomic E-state index is -0.0442. The first-order chi connectivity index (χ1) is 7.74. The molecule has 1 rings (SSSR count). The summed E-state index contributed by atoms with van der Waals surface area (Å²) in [6.45, 7) is 2.03. The number of ether oxygens (including phenoxy) is 1. The van der Waals surface area contributed by atoms with E-state index in [9.17, 15) is 4.79 Å². The fourth-order valence-electron chi connectivity index (χ4n) is 1.10. The van der Waals surface area contributed by atoms with Crippen molar-refractivity contribution in [2.45, 2.75) is 13.3 Å². The van der Waals surface area contributed by atoms with Gasteiger partial charge in [-0.2, -0.15) is 0 Å². The van der Waals surface area contributed by atoms with Gasteiger partial charge in [-0.1, -0.05) is 5.92 Å². The zero-order valence-corrected chi connectivity index (χ0v) is 9.41. The van der Waals surface area contributed by atoms with E-state index in [-0.39, 0.29) is 5.91 Å². The van der Waals surface area contributed by atoms with Crippen molar-refractivity contribution in [2.75, 3.05) is 13.7 Å². The van der Waals surface area contributed by atoms with Crippen LogP contribution in [0, 0.1) is 11.8 Å². The number of methoxy groups -OCH3 is 1. The Morgan fingerprint density at radius 1 is 1.62 bits per heavy atom. The summed E-state index contributed by atoms with van der Waals surface area (Å²) < 4.78 is 5.11. The summed E-state index contributed by atoms with van der Waals surface area (Å²) in [5, 5.41) is 2.67. The van der Waals surface area contributed by atoms with Crippen molar-refractivity contribution in [3.8, 4) is 17.6 Å². The summed E-state index contributed by atoms with van der Waals surface area (Å²) in [6, 6.07) is 3.60. The van der Waals surface area contributed by atoms with Crippen molar-refractivity contribution in [3.63, 3.8) is 0 Å². The maximum atomic E-state index is 10.6. The zero-order chi connectivity index (χ0) is 11.8. The molecule has 1 N–H and O–H groups in total. The van der Waals surface area contributed by atoms with Gasteiger partial charge in [-0.3, -0.25) is 4.79 Å². The molecule has 1 heterocycles. The van der Waals surface area contributed by atoms with Crippen LogP contribution in [-0.2, 0) is 4.79 Å². The van der Waals surface area contributed by atoms with Crippen molar-refractivity contribution in [2.24, 2.45) is 0 Å². The van der Waals surface area contributed by atoms with Gasteiger partial charge in [0.05, 0.1) is 7.11 Å². The fourth-order valence-corrected chi connectivity index (χ4v) is 1.10. The molecule has 0 unspecified atom stereocenters. The summed E-state index contributed by atoms with van der Waals surface area (Å²) in [4.78, 5) is 14.7. The molecule has 0 aromatic carbocycles. The Morgan fingerprint density at radius 2 is 2.44 bits per heavy atom. The van der Waals surface area contributed by atoms with Crippen LogP contribution in [0.2, 0.25) is 0 Å². The number of hydrogen-bond donors (Lipinski definition) is 1. The first-order valence-electron chi connectivity index (χ1n) is 4.96. The summed E-state index contributed by atoms with van der Waals surface area (Å²) >= 11 is 0. The molecule has 4 heteroatoms. The van der Waals surface area contributed by atoms with E-state index in [1.165, 1.54) is 6.92 Å². The molecule has 0 aliphatic rings. The maximum absolute atomic E-state index is 10.6. The Bertz CT molecular complexity index is 419. The second-order valence-corrected chi connectivity index (χ2v) is 3.09. The highest BCUT2D eigenvalue weighted by molar-refractivity contribution is 5.72. The van der Waals surface area contributed by atoms with Gasteiger partial charge in [0.2, 0.25) is 5.91 Å². The lowest BCUT2D eigenvalue weighted by molar-refractivity contribution is -0.118. The number of amides is 1. The van der Waals surface area contributed by atoms with Crippen molar-refractivity contribution in [1.29, 1.82) is 0 Å². The fraction of sp³-hybridized carbons (Fsp3) is 0.333. The Balaban J connectivity index is 2.52. The van der Waals surface area contributed by atoms with E-state index in [0.29, 0.717) is 24.4 Å². The largest absolute Gasteiger partial charge is 0.494 e. The van der Waals surface area contributed by atoms with Crippen LogP contribution < -0.4 is 10.1 Å². The average Bonchev–Trinajstić information content (AvgIpc) is 2.29. The summed E-state index contributed by atoms with van der Waals surface area (Å²) in [6.07, 6.45) is 2.26. The number of rotatable bonds is 3. The molecule has 1 aromatic heterocycles. The van der Waals surface area contributed by atoms with Gasteiger partial charge in [0, 0.05) is 26.1 Å². The quantitative estimate of drug-likeness (QED) is 0.607. The van der Waals surface area contributed by atoms with Crippen LogP contribution in [0.25, 0.3) is 0 Å². The third kappa shape index (κ3) is 4.01. The molecule has 0 radical (unpaired) electrons. The lowest BCUT2D eigenvalue weighted by atomic mass is 10.3. The molecule has 0 saturated heterocycles. The molecular weight excluding hydrogens is 204 g/mol. The highest BCUT2D eigenvalue weighted by Crippen LogP contribution is 2.12. The van der Waals surface area contributed by atoms with E-state index in [0.717, 1.165) is 0 Å². The van der Waals surface area contributed by atoms with Gasteiger partial charge in [0.1, 0.15) is 0 Å². The number of nitrogens with one attached hydrogen (secondary N) is 1. The maximum Gasteiger partial charge on any atom is 0.216 e. The second kappa shape index (κ2) is 6.46. The van der Waals surface area contributed by atoms with Gasteiger partial charge < -0.3 is 10.1 Å². The van der Waals surface area contributed by atoms with Crippen molar-refractivity contribution in [1.82, 2.24) is 10.3 Å². The molecule has 0 bridgehead atoms. The van der Waals surface area contributed by atoms with Gasteiger partial charge in [-0.05, 0) is 18.1 Å². The van der Waals surface area contributed by atoms with E-state index >= 15 is 0 Å². The SMILES string of the molecule is COc1cccnc1C#CCCNC(C)=O. The van der Waals surface area contributed by atoms with E-state index in [4.69, 9.17) is 4.74 Å². The third-order valence-electron chi connectivity index (χ3n) is 1.82. The third-order valence-corrected chi connectivity index (χ3v) is 1.82. The lowest BCUT2D eigenvalue weighted by Gasteiger charge is -2.00. The number of aromatic nitrogens is 1. The highest BCUT2D eigenvalue weighted by Gasteiger charge is 1.97. The second-order valence-electron chi connectivity index (χ2n) is 3.09. The van der Waals surface area contributed by atoms with Crippen LogP contribution in [0.1, 0.15) is 19.0 Å². The predicted molar refractivity (Wildman–Crippen MR) is 61.0 cm³/mol. The highest BCUT2D eigenvalue weighted by atomic mass is 16.5. The van der Waals surface area contributed by atoms with Gasteiger partial charge >= 0.3 is 0 Å². The van der Waals surface area contributed by atoms with Crippen LogP contribution in [0.4, 0.5) is 0 Å². The number of pyridine rings is 1. The normalized spacial score (nSPS) is 8.88. The average molecular weight is 218 g/mol. The Kier molecular flexibility index (Phi) is 4.87. The van der Waals surface area contributed by atoms with Gasteiger partial charge in [0.25, 0.3) is 0 Å². The monoisotopic (exact) mass is 218 g/mol. The van der Waals surface area contributed by atoms with Crippen LogP contribution >= 0.6 is 0 Å². The molecule has 4 nitrogen and oxygen atoms in total. The topological polar surface area (TPSA) is 51.2 Å². The van der Waals surface area contributed by atoms with E-state index in [2.05, 4.69) is 22.1 Å². The van der Waals surface area contributed by atoms with Crippen molar-refractivity contribution >= 4 is 5.91 Å². The standard InChI is InChI=1S/C12H14N2O2/c1-10(15)13-8-4-3-6-11-12(16-2)7-5-9-14-11/h5,7,9H,4,8H2,1-2H3,(H,13,15). The smallest absolute Gasteiger partial charge is 0.216 e. The van der Waals surface area contributed by atoms with E-state index in [1.54, 1.807) is 19.4 Å². The molecule has 0 aliphatic heterocycles. The minimum absolute atomic E-state index is 0.0442. The Hall–Kier alpha value is -2.02. The number of nitrogens with zero attached hydrogens (tertiary/aromatic N) is 1.